The average Bonchev–Trinajstić information content (AvgIpc) is 2.80. The predicted octanol–water partition coefficient (Wildman–Crippen LogP) is 1.03. The lowest BCUT2D eigenvalue weighted by Gasteiger charge is -2.01. The molecule has 0 saturated carbocycles. The summed E-state index contributed by atoms with van der Waals surface area (Å²) in [6.07, 6.45) is 3.82. The zero-order valence-electron chi connectivity index (χ0n) is 10.1. The van der Waals surface area contributed by atoms with Crippen molar-refractivity contribution < 1.29 is 4.39 Å². The van der Waals surface area contributed by atoms with Crippen LogP contribution in [0.5, 0.6) is 0 Å². The van der Waals surface area contributed by atoms with E-state index in [2.05, 4.69) is 5.10 Å². The highest BCUT2D eigenvalue weighted by molar-refractivity contribution is 5.76. The van der Waals surface area contributed by atoms with E-state index in [1.165, 1.54) is 4.68 Å². The Morgan fingerprint density at radius 3 is 3.00 bits per heavy atom. The van der Waals surface area contributed by atoms with E-state index in [4.69, 9.17) is 5.73 Å². The van der Waals surface area contributed by atoms with Crippen LogP contribution in [0.1, 0.15) is 6.92 Å². The molecule has 96 valence electrons. The van der Waals surface area contributed by atoms with Gasteiger partial charge < -0.3 is 10.3 Å². The summed E-state index contributed by atoms with van der Waals surface area (Å²) in [6, 6.07) is 1.78. The number of nitrogens with two attached hydrogens (primary N) is 1. The third kappa shape index (κ3) is 2.19. The first-order chi connectivity index (χ1) is 8.69. The van der Waals surface area contributed by atoms with E-state index < -0.39 is 0 Å². The number of aromatic nitrogens is 3. The van der Waals surface area contributed by atoms with Gasteiger partial charge in [0.05, 0.1) is 23.8 Å². The summed E-state index contributed by atoms with van der Waals surface area (Å²) in [5, 5.41) is 4.76. The smallest absolute Gasteiger partial charge is 0.261 e. The van der Waals surface area contributed by atoms with E-state index in [1.807, 2.05) is 6.92 Å². The summed E-state index contributed by atoms with van der Waals surface area (Å²) < 4.78 is 15.6. The second kappa shape index (κ2) is 5.14. The average molecular weight is 250 g/mol. The van der Waals surface area contributed by atoms with E-state index in [0.717, 1.165) is 0 Å². The molecule has 2 heterocycles. The lowest BCUT2D eigenvalue weighted by atomic mass is 10.3. The van der Waals surface area contributed by atoms with Crippen LogP contribution in [0.2, 0.25) is 0 Å². The maximum absolute atomic E-state index is 12.4. The predicted molar refractivity (Wildman–Crippen MR) is 67.9 cm³/mol. The van der Waals surface area contributed by atoms with Gasteiger partial charge in [0.2, 0.25) is 0 Å². The van der Waals surface area contributed by atoms with Gasteiger partial charge in [-0.05, 0) is 18.6 Å². The summed E-state index contributed by atoms with van der Waals surface area (Å²) in [6.45, 7) is 2.90. The molecule has 2 aromatic rings. The van der Waals surface area contributed by atoms with Crippen molar-refractivity contribution in [2.75, 3.05) is 6.54 Å². The van der Waals surface area contributed by atoms with Crippen molar-refractivity contribution in [3.63, 3.8) is 0 Å². The van der Waals surface area contributed by atoms with Crippen molar-refractivity contribution in [1.29, 1.82) is 0 Å². The quantitative estimate of drug-likeness (QED) is 0.881. The molecule has 0 radical (unpaired) electrons. The van der Waals surface area contributed by atoms with Crippen molar-refractivity contribution in [2.24, 2.45) is 5.73 Å². The van der Waals surface area contributed by atoms with Crippen molar-refractivity contribution in [2.45, 2.75) is 20.0 Å². The van der Waals surface area contributed by atoms with Gasteiger partial charge in [0, 0.05) is 25.5 Å². The Morgan fingerprint density at radius 2 is 2.39 bits per heavy atom. The van der Waals surface area contributed by atoms with Crippen molar-refractivity contribution in [3.8, 4) is 0 Å². The summed E-state index contributed by atoms with van der Waals surface area (Å²) in [5.74, 6) is 0. The first-order valence-electron chi connectivity index (χ1n) is 5.74. The number of aryl methyl sites for hydroxylation is 1. The Balaban J connectivity index is 2.45. The zero-order valence-corrected chi connectivity index (χ0v) is 10.1. The van der Waals surface area contributed by atoms with Gasteiger partial charge in [0.15, 0.2) is 0 Å². The number of rotatable bonds is 4. The molecular formula is C12H15FN4O. The number of hydrogen-bond donors (Lipinski definition) is 1. The molecule has 6 heteroatoms. The molecule has 18 heavy (non-hydrogen) atoms. The Bertz CT molecular complexity index is 641. The lowest BCUT2D eigenvalue weighted by molar-refractivity contribution is 0.637. The molecule has 2 N–H and O–H groups in total. The van der Waals surface area contributed by atoms with Gasteiger partial charge in [0.1, 0.15) is 0 Å². The van der Waals surface area contributed by atoms with E-state index in [9.17, 15) is 9.18 Å². The largest absolute Gasteiger partial charge is 0.327 e. The van der Waals surface area contributed by atoms with Gasteiger partial charge >= 0.3 is 0 Å². The van der Waals surface area contributed by atoms with E-state index in [0.29, 0.717) is 29.4 Å². The van der Waals surface area contributed by atoms with Crippen molar-refractivity contribution in [3.05, 3.63) is 40.7 Å². The van der Waals surface area contributed by atoms with Crippen molar-refractivity contribution >= 4 is 10.9 Å². The van der Waals surface area contributed by atoms with Gasteiger partial charge in [-0.2, -0.15) is 5.10 Å². The SMILES string of the molecule is CCn1ccc2nn(CC(=CF)CN)cc2c1=O. The van der Waals surface area contributed by atoms with Crippen LogP contribution in [-0.4, -0.2) is 20.9 Å². The molecule has 0 fully saturated rings. The minimum Gasteiger partial charge on any atom is -0.327 e. The monoisotopic (exact) mass is 250 g/mol. The molecule has 0 aromatic carbocycles. The van der Waals surface area contributed by atoms with E-state index in [-0.39, 0.29) is 18.6 Å². The highest BCUT2D eigenvalue weighted by atomic mass is 19.1. The summed E-state index contributed by atoms with van der Waals surface area (Å²) >= 11 is 0. The fourth-order valence-corrected chi connectivity index (χ4v) is 1.79. The van der Waals surface area contributed by atoms with Gasteiger partial charge in [-0.25, -0.2) is 4.39 Å². The summed E-state index contributed by atoms with van der Waals surface area (Å²) in [5.41, 5.74) is 6.34. The minimum atomic E-state index is -0.0835. The van der Waals surface area contributed by atoms with Crippen molar-refractivity contribution in [1.82, 2.24) is 14.3 Å². The van der Waals surface area contributed by atoms with Crippen LogP contribution >= 0.6 is 0 Å². The minimum absolute atomic E-state index is 0.0835. The maximum Gasteiger partial charge on any atom is 0.261 e. The van der Waals surface area contributed by atoms with Crippen LogP contribution in [0.15, 0.2) is 35.2 Å². The molecule has 0 spiro atoms. The topological polar surface area (TPSA) is 65.8 Å². The molecule has 2 rings (SSSR count). The van der Waals surface area contributed by atoms with Gasteiger partial charge in [0.25, 0.3) is 5.56 Å². The highest BCUT2D eigenvalue weighted by Crippen LogP contribution is 2.08. The van der Waals surface area contributed by atoms with Gasteiger partial charge in [-0.3, -0.25) is 9.48 Å². The third-order valence-corrected chi connectivity index (χ3v) is 2.82. The standard InChI is InChI=1S/C12H15FN4O/c1-2-16-4-3-11-10(12(16)18)8-17(15-11)7-9(5-13)6-14/h3-5,8H,2,6-7,14H2,1H3. The van der Waals surface area contributed by atoms with Gasteiger partial charge in [-0.15, -0.1) is 0 Å². The molecule has 2 aromatic heterocycles. The second-order valence-corrected chi connectivity index (χ2v) is 4.00. The fraction of sp³-hybridized carbons (Fsp3) is 0.333. The molecule has 0 unspecified atom stereocenters. The molecule has 0 amide bonds. The van der Waals surface area contributed by atoms with Crippen LogP contribution in [-0.2, 0) is 13.1 Å². The Hall–Kier alpha value is -1.95. The number of hydrogen-bond acceptors (Lipinski definition) is 3. The summed E-state index contributed by atoms with van der Waals surface area (Å²) in [7, 11) is 0. The number of fused-ring (bicyclic) bond motifs is 1. The molecule has 0 aliphatic carbocycles. The van der Waals surface area contributed by atoms with Crippen LogP contribution < -0.4 is 11.3 Å². The molecule has 5 nitrogen and oxygen atoms in total. The lowest BCUT2D eigenvalue weighted by Crippen LogP contribution is -2.17. The molecule has 0 atom stereocenters. The van der Waals surface area contributed by atoms with E-state index >= 15 is 0 Å². The molecule has 0 bridgehead atoms. The molecule has 0 aliphatic rings. The van der Waals surface area contributed by atoms with Crippen LogP contribution in [0.25, 0.3) is 10.9 Å². The number of pyridine rings is 1. The highest BCUT2D eigenvalue weighted by Gasteiger charge is 2.07. The fourth-order valence-electron chi connectivity index (χ4n) is 1.79. The maximum atomic E-state index is 12.4. The Morgan fingerprint density at radius 1 is 1.61 bits per heavy atom. The molecule has 0 aliphatic heterocycles. The number of halogens is 1. The first kappa shape index (κ1) is 12.5. The molecule has 0 saturated heterocycles. The van der Waals surface area contributed by atoms with Crippen LogP contribution in [0, 0.1) is 0 Å². The third-order valence-electron chi connectivity index (χ3n) is 2.82. The number of nitrogens with zero attached hydrogens (tertiary/aromatic N) is 3. The normalized spacial score (nSPS) is 12.3. The molecular weight excluding hydrogens is 235 g/mol. The summed E-state index contributed by atoms with van der Waals surface area (Å²) in [4.78, 5) is 12.0. The Kier molecular flexibility index (Phi) is 3.57. The van der Waals surface area contributed by atoms with E-state index in [1.54, 1.807) is 23.0 Å². The first-order valence-corrected chi connectivity index (χ1v) is 5.74. The second-order valence-electron chi connectivity index (χ2n) is 4.00. The zero-order chi connectivity index (χ0) is 13.1. The van der Waals surface area contributed by atoms with Crippen LogP contribution in [0.3, 0.4) is 0 Å². The van der Waals surface area contributed by atoms with Crippen LogP contribution in [0.4, 0.5) is 4.39 Å². The van der Waals surface area contributed by atoms with Gasteiger partial charge in [-0.1, -0.05) is 0 Å². The Labute approximate surface area is 103 Å².